The van der Waals surface area contributed by atoms with Gasteiger partial charge < -0.3 is 14.5 Å². The third kappa shape index (κ3) is 4.92. The first-order chi connectivity index (χ1) is 14.1. The quantitative estimate of drug-likeness (QED) is 0.784. The standard InChI is InChI=1S/C23H33N3O3/c1-18(27)25-11-9-24(10-12-25)16-19-7-8-22-21(15-19)17-26(13-14-29-22)23(28)20-5-3-2-4-6-20/h7-8,15,20H,2-6,9-14,16-17H2,1H3. The molecule has 2 aliphatic heterocycles. The van der Waals surface area contributed by atoms with E-state index >= 15 is 0 Å². The van der Waals surface area contributed by atoms with Gasteiger partial charge in [0.2, 0.25) is 11.8 Å². The van der Waals surface area contributed by atoms with Gasteiger partial charge in [-0.2, -0.15) is 0 Å². The number of nitrogens with zero attached hydrogens (tertiary/aromatic N) is 3. The molecule has 0 spiro atoms. The number of amides is 2. The van der Waals surface area contributed by atoms with Crippen LogP contribution in [0.5, 0.6) is 5.75 Å². The Hall–Kier alpha value is -2.08. The molecule has 1 saturated carbocycles. The minimum Gasteiger partial charge on any atom is -0.491 e. The summed E-state index contributed by atoms with van der Waals surface area (Å²) in [4.78, 5) is 30.9. The van der Waals surface area contributed by atoms with Gasteiger partial charge in [0, 0.05) is 57.7 Å². The molecule has 2 heterocycles. The van der Waals surface area contributed by atoms with Crippen LogP contribution in [-0.4, -0.2) is 65.8 Å². The van der Waals surface area contributed by atoms with E-state index in [1.54, 1.807) is 6.92 Å². The molecule has 0 N–H and O–H groups in total. The molecule has 29 heavy (non-hydrogen) atoms. The van der Waals surface area contributed by atoms with Crippen molar-refractivity contribution in [2.75, 3.05) is 39.3 Å². The number of hydrogen-bond donors (Lipinski definition) is 0. The van der Waals surface area contributed by atoms with Crippen molar-refractivity contribution in [2.45, 2.75) is 52.1 Å². The minimum absolute atomic E-state index is 0.162. The molecule has 1 aromatic rings. The van der Waals surface area contributed by atoms with Crippen molar-refractivity contribution >= 4 is 11.8 Å². The maximum absolute atomic E-state index is 13.0. The van der Waals surface area contributed by atoms with Crippen LogP contribution in [0.3, 0.4) is 0 Å². The van der Waals surface area contributed by atoms with Gasteiger partial charge >= 0.3 is 0 Å². The van der Waals surface area contributed by atoms with Crippen LogP contribution in [0.4, 0.5) is 0 Å². The molecular weight excluding hydrogens is 366 g/mol. The van der Waals surface area contributed by atoms with Crippen molar-refractivity contribution in [3.05, 3.63) is 29.3 Å². The molecule has 0 atom stereocenters. The number of rotatable bonds is 3. The third-order valence-electron chi connectivity index (χ3n) is 6.59. The molecule has 0 aromatic heterocycles. The zero-order valence-electron chi connectivity index (χ0n) is 17.6. The lowest BCUT2D eigenvalue weighted by Crippen LogP contribution is -2.47. The zero-order valence-corrected chi connectivity index (χ0v) is 17.6. The number of ether oxygens (including phenoxy) is 1. The Morgan fingerprint density at radius 1 is 1.00 bits per heavy atom. The predicted molar refractivity (Wildman–Crippen MR) is 111 cm³/mol. The van der Waals surface area contributed by atoms with Crippen molar-refractivity contribution in [1.82, 2.24) is 14.7 Å². The molecule has 6 nitrogen and oxygen atoms in total. The fourth-order valence-electron chi connectivity index (χ4n) is 4.82. The Bertz CT molecular complexity index is 737. The van der Waals surface area contributed by atoms with Crippen molar-refractivity contribution in [2.24, 2.45) is 5.92 Å². The number of fused-ring (bicyclic) bond motifs is 1. The fourth-order valence-corrected chi connectivity index (χ4v) is 4.82. The van der Waals surface area contributed by atoms with E-state index in [0.29, 0.717) is 25.6 Å². The summed E-state index contributed by atoms with van der Waals surface area (Å²) in [5, 5.41) is 0. The minimum atomic E-state index is 0.162. The van der Waals surface area contributed by atoms with Crippen molar-refractivity contribution in [3.8, 4) is 5.75 Å². The summed E-state index contributed by atoms with van der Waals surface area (Å²) in [6.45, 7) is 7.80. The summed E-state index contributed by atoms with van der Waals surface area (Å²) < 4.78 is 5.95. The largest absolute Gasteiger partial charge is 0.491 e. The smallest absolute Gasteiger partial charge is 0.226 e. The SMILES string of the molecule is CC(=O)N1CCN(Cc2ccc3c(c2)CN(C(=O)C2CCCCC2)CCO3)CC1. The van der Waals surface area contributed by atoms with Gasteiger partial charge in [0.15, 0.2) is 0 Å². The molecule has 3 aliphatic rings. The van der Waals surface area contributed by atoms with Crippen molar-refractivity contribution in [3.63, 3.8) is 0 Å². The molecule has 0 radical (unpaired) electrons. The van der Waals surface area contributed by atoms with Crippen LogP contribution in [0.25, 0.3) is 0 Å². The molecule has 158 valence electrons. The van der Waals surface area contributed by atoms with E-state index < -0.39 is 0 Å². The number of carbonyl (C=O) groups is 2. The molecule has 1 aromatic carbocycles. The molecule has 2 fully saturated rings. The summed E-state index contributed by atoms with van der Waals surface area (Å²) in [6, 6.07) is 6.40. The van der Waals surface area contributed by atoms with Gasteiger partial charge in [-0.3, -0.25) is 14.5 Å². The van der Waals surface area contributed by atoms with Crippen molar-refractivity contribution in [1.29, 1.82) is 0 Å². The van der Waals surface area contributed by atoms with Gasteiger partial charge in [-0.1, -0.05) is 25.3 Å². The van der Waals surface area contributed by atoms with E-state index in [9.17, 15) is 9.59 Å². The van der Waals surface area contributed by atoms with E-state index in [-0.39, 0.29) is 11.8 Å². The number of hydrogen-bond acceptors (Lipinski definition) is 4. The zero-order chi connectivity index (χ0) is 20.2. The Balaban J connectivity index is 1.40. The Morgan fingerprint density at radius 3 is 2.48 bits per heavy atom. The highest BCUT2D eigenvalue weighted by molar-refractivity contribution is 5.79. The maximum Gasteiger partial charge on any atom is 0.226 e. The second-order valence-corrected chi connectivity index (χ2v) is 8.67. The predicted octanol–water partition coefficient (Wildman–Crippen LogP) is 2.65. The molecule has 0 bridgehead atoms. The lowest BCUT2D eigenvalue weighted by molar-refractivity contribution is -0.137. The molecule has 4 rings (SSSR count). The van der Waals surface area contributed by atoms with Gasteiger partial charge in [-0.15, -0.1) is 0 Å². The van der Waals surface area contributed by atoms with E-state index in [2.05, 4.69) is 23.1 Å². The van der Waals surface area contributed by atoms with Crippen LogP contribution in [0.15, 0.2) is 18.2 Å². The first-order valence-electron chi connectivity index (χ1n) is 11.1. The average molecular weight is 400 g/mol. The molecule has 6 heteroatoms. The van der Waals surface area contributed by atoms with Crippen LogP contribution in [0.2, 0.25) is 0 Å². The normalized spacial score (nSPS) is 21.3. The second-order valence-electron chi connectivity index (χ2n) is 8.67. The van der Waals surface area contributed by atoms with Gasteiger partial charge in [0.25, 0.3) is 0 Å². The Morgan fingerprint density at radius 2 is 1.76 bits per heavy atom. The van der Waals surface area contributed by atoms with Gasteiger partial charge in [0.1, 0.15) is 12.4 Å². The first-order valence-corrected chi connectivity index (χ1v) is 11.1. The molecule has 0 unspecified atom stereocenters. The summed E-state index contributed by atoms with van der Waals surface area (Å²) in [6.07, 6.45) is 5.70. The molecule has 1 saturated heterocycles. The van der Waals surface area contributed by atoms with E-state index in [1.807, 2.05) is 9.80 Å². The first kappa shape index (κ1) is 20.2. The van der Waals surface area contributed by atoms with E-state index in [1.165, 1.54) is 24.8 Å². The number of carbonyl (C=O) groups excluding carboxylic acids is 2. The lowest BCUT2D eigenvalue weighted by Gasteiger charge is -2.34. The Kier molecular flexibility index (Phi) is 6.38. The van der Waals surface area contributed by atoms with Crippen LogP contribution in [0, 0.1) is 5.92 Å². The van der Waals surface area contributed by atoms with Crippen LogP contribution >= 0.6 is 0 Å². The van der Waals surface area contributed by atoms with Crippen LogP contribution < -0.4 is 4.74 Å². The van der Waals surface area contributed by atoms with Gasteiger partial charge in [0.05, 0.1) is 6.54 Å². The van der Waals surface area contributed by atoms with Crippen LogP contribution in [0.1, 0.15) is 50.2 Å². The number of benzene rings is 1. The maximum atomic E-state index is 13.0. The fraction of sp³-hybridized carbons (Fsp3) is 0.652. The third-order valence-corrected chi connectivity index (χ3v) is 6.59. The average Bonchev–Trinajstić information content (AvgIpc) is 2.96. The highest BCUT2D eigenvalue weighted by Gasteiger charge is 2.28. The molecule has 2 amide bonds. The van der Waals surface area contributed by atoms with Gasteiger partial charge in [-0.25, -0.2) is 0 Å². The summed E-state index contributed by atoms with van der Waals surface area (Å²) in [5.41, 5.74) is 2.36. The topological polar surface area (TPSA) is 53.1 Å². The van der Waals surface area contributed by atoms with Gasteiger partial charge in [-0.05, 0) is 30.5 Å². The summed E-state index contributed by atoms with van der Waals surface area (Å²) in [5.74, 6) is 1.58. The van der Waals surface area contributed by atoms with Crippen molar-refractivity contribution < 1.29 is 14.3 Å². The lowest BCUT2D eigenvalue weighted by atomic mass is 9.88. The monoisotopic (exact) mass is 399 g/mol. The molecular formula is C23H33N3O3. The highest BCUT2D eigenvalue weighted by atomic mass is 16.5. The molecule has 1 aliphatic carbocycles. The number of piperazine rings is 1. The Labute approximate surface area is 173 Å². The highest BCUT2D eigenvalue weighted by Crippen LogP contribution is 2.29. The second kappa shape index (κ2) is 9.16. The van der Waals surface area contributed by atoms with E-state index in [4.69, 9.17) is 4.74 Å². The summed E-state index contributed by atoms with van der Waals surface area (Å²) in [7, 11) is 0. The summed E-state index contributed by atoms with van der Waals surface area (Å²) >= 11 is 0. The van der Waals surface area contributed by atoms with Crippen LogP contribution in [-0.2, 0) is 22.7 Å². The van der Waals surface area contributed by atoms with E-state index in [0.717, 1.165) is 56.9 Å².